The molecule has 11 nitrogen and oxygen atoms in total. The van der Waals surface area contributed by atoms with E-state index in [0.29, 0.717) is 36.6 Å². The van der Waals surface area contributed by atoms with E-state index in [-0.39, 0.29) is 17.5 Å². The number of fused-ring (bicyclic) bond motifs is 2. The van der Waals surface area contributed by atoms with Crippen molar-refractivity contribution >= 4 is 38.0 Å². The van der Waals surface area contributed by atoms with E-state index in [0.717, 1.165) is 85.1 Å². The lowest BCUT2D eigenvalue weighted by atomic mass is 9.97. The van der Waals surface area contributed by atoms with E-state index in [1.54, 1.807) is 26.0 Å². The summed E-state index contributed by atoms with van der Waals surface area (Å²) in [5, 5.41) is 4.01. The van der Waals surface area contributed by atoms with E-state index < -0.39 is 10.0 Å². The van der Waals surface area contributed by atoms with Crippen molar-refractivity contribution in [3.63, 3.8) is 0 Å². The number of aryl methyl sites for hydroxylation is 4. The zero-order chi connectivity index (χ0) is 38.9. The summed E-state index contributed by atoms with van der Waals surface area (Å²) in [6.07, 6.45) is 2.93. The van der Waals surface area contributed by atoms with Crippen LogP contribution < -0.4 is 4.31 Å². The highest BCUT2D eigenvalue weighted by Crippen LogP contribution is 2.37. The van der Waals surface area contributed by atoms with Crippen LogP contribution in [0.25, 0.3) is 44.6 Å². The highest BCUT2D eigenvalue weighted by atomic mass is 32.2. The summed E-state index contributed by atoms with van der Waals surface area (Å²) in [6.45, 7) is 11.0. The van der Waals surface area contributed by atoms with Crippen LogP contribution in [0.3, 0.4) is 0 Å². The number of imidazole rings is 2. The summed E-state index contributed by atoms with van der Waals surface area (Å²) < 4.78 is 51.4. The van der Waals surface area contributed by atoms with Gasteiger partial charge in [-0.3, -0.25) is 0 Å². The molecule has 0 aliphatic rings. The summed E-state index contributed by atoms with van der Waals surface area (Å²) in [5.41, 5.74) is 10.7. The average Bonchev–Trinajstić information content (AvgIpc) is 3.83. The number of para-hydroxylation sites is 2. The van der Waals surface area contributed by atoms with Crippen LogP contribution in [0.5, 0.6) is 0 Å². The Morgan fingerprint density at radius 3 is 2.40 bits per heavy atom. The lowest BCUT2D eigenvalue weighted by molar-refractivity contribution is 0.134. The molecule has 0 radical (unpaired) electrons. The molecule has 0 saturated heterocycles. The van der Waals surface area contributed by atoms with Crippen molar-refractivity contribution < 1.29 is 22.4 Å². The van der Waals surface area contributed by atoms with Crippen LogP contribution in [0.1, 0.15) is 60.5 Å². The van der Waals surface area contributed by atoms with E-state index in [9.17, 15) is 8.42 Å². The topological polar surface area (TPSA) is 118 Å². The number of hydrogen-bond acceptors (Lipinski definition) is 8. The maximum Gasteiger partial charge on any atom is 0.269 e. The van der Waals surface area contributed by atoms with Crippen LogP contribution in [-0.4, -0.2) is 53.1 Å². The number of unbranched alkanes of at least 4 members (excludes halogenated alkanes) is 1. The van der Waals surface area contributed by atoms with E-state index in [2.05, 4.69) is 65.5 Å². The molecule has 3 heterocycles. The Balaban J connectivity index is 1.33. The summed E-state index contributed by atoms with van der Waals surface area (Å²) in [4.78, 5) is 10.3. The van der Waals surface area contributed by atoms with Gasteiger partial charge in [0.2, 0.25) is 5.88 Å². The van der Waals surface area contributed by atoms with Crippen molar-refractivity contribution in [1.29, 1.82) is 0 Å². The fourth-order valence-electron chi connectivity index (χ4n) is 7.22. The highest BCUT2D eigenvalue weighted by molar-refractivity contribution is 7.93. The van der Waals surface area contributed by atoms with Crippen molar-refractivity contribution in [2.45, 2.75) is 71.9 Å². The van der Waals surface area contributed by atoms with Crippen LogP contribution in [-0.2, 0) is 46.1 Å². The van der Waals surface area contributed by atoms with Gasteiger partial charge >= 0.3 is 0 Å². The van der Waals surface area contributed by atoms with Gasteiger partial charge < -0.3 is 23.1 Å². The van der Waals surface area contributed by atoms with Crippen molar-refractivity contribution in [1.82, 2.24) is 24.3 Å². The summed E-state index contributed by atoms with van der Waals surface area (Å²) in [5.74, 6) is 2.06. The molecule has 7 rings (SSSR count). The molecular weight excluding hydrogens is 713 g/mol. The first kappa shape index (κ1) is 38.0. The first-order valence-electron chi connectivity index (χ1n) is 18.7. The third-order valence-electron chi connectivity index (χ3n) is 10.2. The monoisotopic (exact) mass is 760 g/mol. The lowest BCUT2D eigenvalue weighted by Crippen LogP contribution is -2.33. The molecule has 0 atom stereocenters. The molecule has 7 aromatic rings. The van der Waals surface area contributed by atoms with E-state index >= 15 is 0 Å². The summed E-state index contributed by atoms with van der Waals surface area (Å²) >= 11 is 0. The van der Waals surface area contributed by atoms with Crippen LogP contribution in [0.15, 0.2) is 88.3 Å². The minimum absolute atomic E-state index is 0.124. The molecule has 0 unspecified atom stereocenters. The van der Waals surface area contributed by atoms with Gasteiger partial charge in [-0.05, 0) is 86.7 Å². The van der Waals surface area contributed by atoms with Crippen LogP contribution in [0.2, 0.25) is 0 Å². The standard InChI is InChI=1S/C43H48N6O5S/c1-8-10-19-40-45-41-28(3)22-32(42-44-36-16-12-13-17-37(36)47(42)6)24-38(41)48(40)25-31-20-21-34(33(23-31)26-53-9-2)35-15-11-14-18-39(35)55(50,51)49(27-52-7)43-29(4)30(5)46-54-43/h11-18,20-24H,8-10,19,25-27H2,1-7H3. The minimum Gasteiger partial charge on any atom is -0.377 e. The van der Waals surface area contributed by atoms with E-state index in [1.165, 1.54) is 7.11 Å². The number of nitrogens with zero attached hydrogens (tertiary/aromatic N) is 6. The van der Waals surface area contributed by atoms with Crippen LogP contribution >= 0.6 is 0 Å². The molecular formula is C43H48N6O5S. The number of sulfonamides is 1. The summed E-state index contributed by atoms with van der Waals surface area (Å²) in [6, 6.07) is 25.8. The second-order valence-corrected chi connectivity index (χ2v) is 15.8. The van der Waals surface area contributed by atoms with E-state index in [1.807, 2.05) is 43.3 Å². The molecule has 286 valence electrons. The SMILES string of the molecule is CCCCc1nc2c(C)cc(-c3nc4ccccc4n3C)cc2n1Cc1ccc(-c2ccccc2S(=O)(=O)N(COC)c2onc(C)c2C)c(COCC)c1. The lowest BCUT2D eigenvalue weighted by Gasteiger charge is -2.23. The Bertz CT molecular complexity index is 2600. The highest BCUT2D eigenvalue weighted by Gasteiger charge is 2.32. The second kappa shape index (κ2) is 15.8. The second-order valence-electron chi connectivity index (χ2n) is 14.0. The van der Waals surface area contributed by atoms with Crippen molar-refractivity contribution in [2.75, 3.05) is 24.8 Å². The maximum absolute atomic E-state index is 14.5. The molecule has 0 saturated carbocycles. The van der Waals surface area contributed by atoms with Crippen LogP contribution in [0.4, 0.5) is 5.88 Å². The minimum atomic E-state index is -4.16. The number of ether oxygens (including phenoxy) is 2. The number of benzene rings is 4. The summed E-state index contributed by atoms with van der Waals surface area (Å²) in [7, 11) is -0.650. The molecule has 0 fully saturated rings. The molecule has 4 aromatic carbocycles. The van der Waals surface area contributed by atoms with E-state index in [4.69, 9.17) is 24.0 Å². The molecule has 55 heavy (non-hydrogen) atoms. The largest absolute Gasteiger partial charge is 0.377 e. The third kappa shape index (κ3) is 7.17. The Labute approximate surface area is 322 Å². The molecule has 0 aliphatic carbocycles. The molecule has 0 aliphatic heterocycles. The number of methoxy groups -OCH3 is 1. The number of aromatic nitrogens is 5. The van der Waals surface area contributed by atoms with Crippen molar-refractivity contribution in [3.05, 3.63) is 113 Å². The number of anilines is 1. The Morgan fingerprint density at radius 2 is 1.67 bits per heavy atom. The number of rotatable bonds is 15. The number of hydrogen-bond donors (Lipinski definition) is 0. The van der Waals surface area contributed by atoms with Gasteiger partial charge in [-0.15, -0.1) is 0 Å². The predicted octanol–water partition coefficient (Wildman–Crippen LogP) is 8.90. The van der Waals surface area contributed by atoms with Gasteiger partial charge in [0.1, 0.15) is 18.4 Å². The predicted molar refractivity (Wildman–Crippen MR) is 217 cm³/mol. The molecule has 0 spiro atoms. The maximum atomic E-state index is 14.5. The fourth-order valence-corrected chi connectivity index (χ4v) is 8.80. The van der Waals surface area contributed by atoms with Gasteiger partial charge in [0, 0.05) is 50.4 Å². The molecule has 3 aromatic heterocycles. The van der Waals surface area contributed by atoms with Crippen molar-refractivity contribution in [3.8, 4) is 22.5 Å². The molecule has 0 N–H and O–H groups in total. The van der Waals surface area contributed by atoms with Gasteiger partial charge in [0.25, 0.3) is 10.0 Å². The van der Waals surface area contributed by atoms with Gasteiger partial charge in [0.05, 0.1) is 39.3 Å². The molecule has 0 bridgehead atoms. The first-order valence-corrected chi connectivity index (χ1v) is 20.2. The van der Waals surface area contributed by atoms with Crippen LogP contribution in [0, 0.1) is 20.8 Å². The molecule has 0 amide bonds. The van der Waals surface area contributed by atoms with Gasteiger partial charge in [0.15, 0.2) is 0 Å². The smallest absolute Gasteiger partial charge is 0.269 e. The van der Waals surface area contributed by atoms with Gasteiger partial charge in [-0.2, -0.15) is 0 Å². The molecule has 12 heteroatoms. The normalized spacial score (nSPS) is 12.0. The quantitative estimate of drug-likeness (QED) is 0.0952. The fraction of sp³-hybridized carbons (Fsp3) is 0.326. The zero-order valence-corrected chi connectivity index (χ0v) is 33.4. The third-order valence-corrected chi connectivity index (χ3v) is 12.0. The first-order chi connectivity index (χ1) is 26.6. The van der Waals surface area contributed by atoms with Gasteiger partial charge in [-0.1, -0.05) is 67.0 Å². The Morgan fingerprint density at radius 1 is 0.891 bits per heavy atom. The van der Waals surface area contributed by atoms with Gasteiger partial charge in [-0.25, -0.2) is 22.7 Å². The van der Waals surface area contributed by atoms with Crippen molar-refractivity contribution in [2.24, 2.45) is 7.05 Å². The Kier molecular flexibility index (Phi) is 10.9. The Hall–Kier alpha value is -5.30. The zero-order valence-electron chi connectivity index (χ0n) is 32.6. The average molecular weight is 761 g/mol.